The van der Waals surface area contributed by atoms with E-state index in [2.05, 4.69) is 20.6 Å². The second-order valence-electron chi connectivity index (χ2n) is 7.34. The smallest absolute Gasteiger partial charge is 0.374 e. The van der Waals surface area contributed by atoms with Crippen molar-refractivity contribution in [3.8, 4) is 0 Å². The molecule has 2 aromatic carbocycles. The number of carbonyl (C=O) groups excluding carboxylic acids is 1. The molecule has 0 aliphatic carbocycles. The molecule has 1 aliphatic rings. The predicted molar refractivity (Wildman–Crippen MR) is 113 cm³/mol. The second-order valence-corrected chi connectivity index (χ2v) is 8.21. The van der Waals surface area contributed by atoms with Gasteiger partial charge in [0.05, 0.1) is 12.3 Å². The van der Waals surface area contributed by atoms with Gasteiger partial charge in [-0.2, -0.15) is 18.2 Å². The van der Waals surface area contributed by atoms with Crippen LogP contribution in [0.3, 0.4) is 0 Å². The first-order valence-corrected chi connectivity index (χ1v) is 10.3. The molecule has 7 nitrogen and oxygen atoms in total. The Morgan fingerprint density at radius 1 is 1.18 bits per heavy atom. The van der Waals surface area contributed by atoms with Crippen molar-refractivity contribution in [1.29, 1.82) is 0 Å². The first-order chi connectivity index (χ1) is 15.6. The first-order valence-electron chi connectivity index (χ1n) is 9.52. The van der Waals surface area contributed by atoms with E-state index in [9.17, 15) is 18.0 Å². The number of aromatic nitrogens is 2. The van der Waals surface area contributed by atoms with Crippen molar-refractivity contribution in [3.63, 3.8) is 0 Å². The molecule has 1 aliphatic heterocycles. The van der Waals surface area contributed by atoms with Crippen molar-refractivity contribution >= 4 is 34.8 Å². The Morgan fingerprint density at radius 3 is 2.52 bits per heavy atom. The van der Waals surface area contributed by atoms with Crippen LogP contribution in [-0.2, 0) is 17.0 Å². The van der Waals surface area contributed by atoms with E-state index in [0.29, 0.717) is 16.7 Å². The average molecular weight is 499 g/mol. The minimum atomic E-state index is -4.80. The van der Waals surface area contributed by atoms with Gasteiger partial charge in [0.2, 0.25) is 5.89 Å². The van der Waals surface area contributed by atoms with E-state index in [-0.39, 0.29) is 33.8 Å². The third-order valence-corrected chi connectivity index (χ3v) is 5.56. The van der Waals surface area contributed by atoms with Crippen molar-refractivity contribution in [2.45, 2.75) is 31.7 Å². The average Bonchev–Trinajstić information content (AvgIpc) is 3.41. The van der Waals surface area contributed by atoms with E-state index < -0.39 is 24.1 Å². The highest BCUT2D eigenvalue weighted by Gasteiger charge is 2.62. The van der Waals surface area contributed by atoms with Gasteiger partial charge in [-0.05, 0) is 48.4 Å². The molecule has 12 heteroatoms. The molecular formula is C21H15Cl2F3N4O3. The molecule has 172 valence electrons. The van der Waals surface area contributed by atoms with Crippen LogP contribution in [0.25, 0.3) is 0 Å². The fourth-order valence-corrected chi connectivity index (χ4v) is 3.99. The molecule has 0 saturated heterocycles. The Bertz CT molecular complexity index is 1210. The molecular weight excluding hydrogens is 484 g/mol. The van der Waals surface area contributed by atoms with E-state index in [1.54, 1.807) is 13.0 Å². The Labute approximate surface area is 195 Å². The number of halogens is 5. The minimum Gasteiger partial charge on any atom is -0.374 e. The predicted octanol–water partition coefficient (Wildman–Crippen LogP) is 5.20. The van der Waals surface area contributed by atoms with Gasteiger partial charge in [-0.25, -0.2) is 0 Å². The lowest BCUT2D eigenvalue weighted by molar-refractivity contribution is -0.275. The van der Waals surface area contributed by atoms with Crippen LogP contribution in [0.5, 0.6) is 0 Å². The molecule has 4 rings (SSSR count). The van der Waals surface area contributed by atoms with Crippen LogP contribution in [-0.4, -0.2) is 27.9 Å². The molecule has 2 heterocycles. The standard InChI is InChI=1S/C21H15Cl2F3N4O3/c1-11-4-12(2-3-16(11)19(31)27-9-18-28-10-29-32-18)17-8-20(33-30-17,21(24,25)26)13-5-14(22)7-15(23)6-13/h2-7,10H,8-9H2,1H3,(H,27,31). The summed E-state index contributed by atoms with van der Waals surface area (Å²) in [5.74, 6) is -0.167. The van der Waals surface area contributed by atoms with Crippen molar-refractivity contribution in [2.75, 3.05) is 0 Å². The number of oxime groups is 1. The number of nitrogens with zero attached hydrogens (tertiary/aromatic N) is 3. The van der Waals surface area contributed by atoms with Crippen LogP contribution in [0.15, 0.2) is 52.4 Å². The van der Waals surface area contributed by atoms with Gasteiger partial charge in [0.15, 0.2) is 6.33 Å². The zero-order chi connectivity index (χ0) is 23.8. The molecule has 3 aromatic rings. The molecule has 0 saturated carbocycles. The summed E-state index contributed by atoms with van der Waals surface area (Å²) in [6.07, 6.45) is -4.17. The van der Waals surface area contributed by atoms with E-state index >= 15 is 0 Å². The number of hydrogen-bond donors (Lipinski definition) is 1. The zero-order valence-corrected chi connectivity index (χ0v) is 18.4. The largest absolute Gasteiger partial charge is 0.435 e. The maximum Gasteiger partial charge on any atom is 0.435 e. The highest BCUT2D eigenvalue weighted by Crippen LogP contribution is 2.49. The van der Waals surface area contributed by atoms with Crippen molar-refractivity contribution in [3.05, 3.63) is 80.9 Å². The van der Waals surface area contributed by atoms with E-state index in [1.807, 2.05) is 0 Å². The number of amides is 1. The zero-order valence-electron chi connectivity index (χ0n) is 16.9. The van der Waals surface area contributed by atoms with E-state index in [4.69, 9.17) is 32.6 Å². The van der Waals surface area contributed by atoms with Crippen LogP contribution in [0, 0.1) is 6.92 Å². The molecule has 1 unspecified atom stereocenters. The number of nitrogens with one attached hydrogen (secondary N) is 1. The Hall–Kier alpha value is -3.11. The van der Waals surface area contributed by atoms with Crippen LogP contribution in [0.1, 0.15) is 39.4 Å². The summed E-state index contributed by atoms with van der Waals surface area (Å²) in [5.41, 5.74) is -1.65. The maximum atomic E-state index is 14.2. The molecule has 0 radical (unpaired) electrons. The number of benzene rings is 2. The molecule has 0 spiro atoms. The first kappa shape index (κ1) is 23.1. The van der Waals surface area contributed by atoms with Crippen LogP contribution in [0.4, 0.5) is 13.2 Å². The fraction of sp³-hybridized carbons (Fsp3) is 0.238. The molecule has 1 amide bonds. The Morgan fingerprint density at radius 2 is 1.91 bits per heavy atom. The molecule has 0 bridgehead atoms. The highest BCUT2D eigenvalue weighted by atomic mass is 35.5. The van der Waals surface area contributed by atoms with Gasteiger partial charge in [-0.15, -0.1) is 0 Å². The molecule has 33 heavy (non-hydrogen) atoms. The SMILES string of the molecule is Cc1cc(C2=NOC(c3cc(Cl)cc(Cl)c3)(C(F)(F)F)C2)ccc1C(=O)NCc1ncno1. The van der Waals surface area contributed by atoms with Gasteiger partial charge in [0, 0.05) is 27.6 Å². The van der Waals surface area contributed by atoms with Gasteiger partial charge >= 0.3 is 6.18 Å². The number of hydrogen-bond acceptors (Lipinski definition) is 6. The maximum absolute atomic E-state index is 14.2. The lowest BCUT2D eigenvalue weighted by Crippen LogP contribution is -2.42. The summed E-state index contributed by atoms with van der Waals surface area (Å²) in [7, 11) is 0. The van der Waals surface area contributed by atoms with Gasteiger partial charge in [0.1, 0.15) is 0 Å². The second kappa shape index (κ2) is 8.68. The number of aryl methyl sites for hydroxylation is 1. The molecule has 1 aromatic heterocycles. The van der Waals surface area contributed by atoms with Gasteiger partial charge in [-0.3, -0.25) is 4.79 Å². The minimum absolute atomic E-state index is 0.0386. The summed E-state index contributed by atoms with van der Waals surface area (Å²) in [5, 5.41) is 9.90. The fourth-order valence-electron chi connectivity index (χ4n) is 3.47. The Balaban J connectivity index is 1.57. The van der Waals surface area contributed by atoms with Gasteiger partial charge < -0.3 is 14.7 Å². The summed E-state index contributed by atoms with van der Waals surface area (Å²) >= 11 is 11.8. The van der Waals surface area contributed by atoms with E-state index in [1.165, 1.54) is 24.5 Å². The summed E-state index contributed by atoms with van der Waals surface area (Å²) < 4.78 is 47.3. The van der Waals surface area contributed by atoms with Gasteiger partial charge in [0.25, 0.3) is 11.5 Å². The highest BCUT2D eigenvalue weighted by molar-refractivity contribution is 6.34. The molecule has 0 fully saturated rings. The van der Waals surface area contributed by atoms with Crippen molar-refractivity contribution in [2.24, 2.45) is 5.16 Å². The van der Waals surface area contributed by atoms with Gasteiger partial charge in [-0.1, -0.05) is 39.6 Å². The van der Waals surface area contributed by atoms with E-state index in [0.717, 1.165) is 12.1 Å². The quantitative estimate of drug-likeness (QED) is 0.522. The normalized spacial score (nSPS) is 18.1. The molecule has 1 N–H and O–H groups in total. The topological polar surface area (TPSA) is 89.6 Å². The summed E-state index contributed by atoms with van der Waals surface area (Å²) in [6.45, 7) is 1.70. The summed E-state index contributed by atoms with van der Waals surface area (Å²) in [4.78, 5) is 21.3. The third-order valence-electron chi connectivity index (χ3n) is 5.13. The van der Waals surface area contributed by atoms with Crippen LogP contribution in [0.2, 0.25) is 10.0 Å². The third kappa shape index (κ3) is 4.53. The van der Waals surface area contributed by atoms with Crippen LogP contribution >= 0.6 is 23.2 Å². The van der Waals surface area contributed by atoms with Crippen LogP contribution < -0.4 is 5.32 Å². The Kier molecular flexibility index (Phi) is 6.06. The lowest BCUT2D eigenvalue weighted by Gasteiger charge is -2.29. The number of alkyl halides is 3. The van der Waals surface area contributed by atoms with Crippen molar-refractivity contribution in [1.82, 2.24) is 15.5 Å². The lowest BCUT2D eigenvalue weighted by atomic mass is 9.86. The number of rotatable bonds is 5. The summed E-state index contributed by atoms with van der Waals surface area (Å²) in [6, 6.07) is 8.22. The monoisotopic (exact) mass is 498 g/mol. The van der Waals surface area contributed by atoms with Crippen molar-refractivity contribution < 1.29 is 27.3 Å². The molecule has 1 atom stereocenters. The number of carbonyl (C=O) groups is 1.